The number of rotatable bonds is 18. The minimum atomic E-state index is -0.773. The first-order valence-electron chi connectivity index (χ1n) is 14.9. The molecule has 228 valence electrons. The number of hydrogen-bond donors (Lipinski definition) is 3. The van der Waals surface area contributed by atoms with E-state index in [4.69, 9.17) is 29.4 Å². The van der Waals surface area contributed by atoms with Crippen LogP contribution in [0, 0.1) is 29.6 Å². The number of benzene rings is 1. The monoisotopic (exact) mass is 564 g/mol. The number of fused-ring (bicyclic) bond motifs is 1. The minimum absolute atomic E-state index is 0.0402. The number of aliphatic hydroxyl groups is 1. The Kier molecular flexibility index (Phi) is 13.0. The zero-order valence-electron chi connectivity index (χ0n) is 25.3. The van der Waals surface area contributed by atoms with Crippen molar-refractivity contribution >= 4 is 5.91 Å². The van der Waals surface area contributed by atoms with E-state index in [1.807, 2.05) is 26.0 Å². The second-order valence-corrected chi connectivity index (χ2v) is 12.0. The molecular formula is C31H52N2O7. The van der Waals surface area contributed by atoms with E-state index in [1.165, 1.54) is 0 Å². The molecule has 9 nitrogen and oxygen atoms in total. The van der Waals surface area contributed by atoms with Gasteiger partial charge in [0.05, 0.1) is 45.2 Å². The van der Waals surface area contributed by atoms with Gasteiger partial charge in [0.1, 0.15) is 0 Å². The van der Waals surface area contributed by atoms with Gasteiger partial charge in [-0.1, -0.05) is 33.8 Å². The van der Waals surface area contributed by atoms with Gasteiger partial charge in [0, 0.05) is 44.6 Å². The van der Waals surface area contributed by atoms with E-state index in [2.05, 4.69) is 25.2 Å². The summed E-state index contributed by atoms with van der Waals surface area (Å²) in [6.45, 7) is 11.4. The fraction of sp³-hybridized carbons (Fsp3) is 0.774. The van der Waals surface area contributed by atoms with Crippen LogP contribution in [0.15, 0.2) is 18.2 Å². The number of carbonyl (C=O) groups excluding carboxylic acids is 1. The molecule has 3 rings (SSSR count). The highest BCUT2D eigenvalue weighted by atomic mass is 16.6. The zero-order valence-corrected chi connectivity index (χ0v) is 25.3. The van der Waals surface area contributed by atoms with Crippen LogP contribution in [0.4, 0.5) is 0 Å². The fourth-order valence-electron chi connectivity index (χ4n) is 5.56. The van der Waals surface area contributed by atoms with Crippen LogP contribution in [0.25, 0.3) is 0 Å². The lowest BCUT2D eigenvalue weighted by Gasteiger charge is -2.30. The molecule has 2 fully saturated rings. The first kappa shape index (κ1) is 32.6. The fourth-order valence-corrected chi connectivity index (χ4v) is 5.56. The third kappa shape index (κ3) is 9.31. The van der Waals surface area contributed by atoms with Crippen LogP contribution < -0.4 is 20.5 Å². The van der Waals surface area contributed by atoms with Crippen molar-refractivity contribution in [2.75, 3.05) is 47.2 Å². The number of carbonyl (C=O) groups is 1. The Morgan fingerprint density at radius 3 is 2.35 bits per heavy atom. The Morgan fingerprint density at radius 1 is 1.05 bits per heavy atom. The van der Waals surface area contributed by atoms with Crippen molar-refractivity contribution in [1.29, 1.82) is 0 Å². The maximum absolute atomic E-state index is 13.1. The molecule has 1 aliphatic heterocycles. The van der Waals surface area contributed by atoms with Gasteiger partial charge < -0.3 is 39.8 Å². The molecule has 0 radical (unpaired) electrons. The third-order valence-corrected chi connectivity index (χ3v) is 8.37. The second-order valence-electron chi connectivity index (χ2n) is 12.0. The second kappa shape index (κ2) is 15.9. The molecule has 0 spiro atoms. The molecule has 40 heavy (non-hydrogen) atoms. The first-order chi connectivity index (χ1) is 19.2. The molecule has 5 unspecified atom stereocenters. The van der Waals surface area contributed by atoms with Gasteiger partial charge in [0.15, 0.2) is 11.5 Å². The lowest BCUT2D eigenvalue weighted by Crippen LogP contribution is -2.43. The number of nitrogens with two attached hydrogens (primary N) is 1. The lowest BCUT2D eigenvalue weighted by atomic mass is 9.81. The highest BCUT2D eigenvalue weighted by molar-refractivity contribution is 5.79. The topological polar surface area (TPSA) is 122 Å². The Bertz CT molecular complexity index is 900. The number of amides is 1. The van der Waals surface area contributed by atoms with Crippen molar-refractivity contribution in [2.24, 2.45) is 35.3 Å². The summed E-state index contributed by atoms with van der Waals surface area (Å²) in [5.74, 6) is 1.98. The molecule has 2 aliphatic rings. The summed E-state index contributed by atoms with van der Waals surface area (Å²) in [5, 5.41) is 14.2. The van der Waals surface area contributed by atoms with Crippen molar-refractivity contribution < 1.29 is 33.6 Å². The Balaban J connectivity index is 1.54. The number of methoxy groups -OCH3 is 2. The number of nitrogens with one attached hydrogen (secondary N) is 1. The van der Waals surface area contributed by atoms with Gasteiger partial charge in [-0.2, -0.15) is 0 Å². The van der Waals surface area contributed by atoms with Crippen LogP contribution in [0.5, 0.6) is 11.5 Å². The van der Waals surface area contributed by atoms with Gasteiger partial charge in [-0.15, -0.1) is 0 Å². The summed E-state index contributed by atoms with van der Waals surface area (Å²) in [5.41, 5.74) is 7.70. The van der Waals surface area contributed by atoms with E-state index in [9.17, 15) is 9.90 Å². The molecule has 7 atom stereocenters. The standard InChI is InChI=1S/C31H52N2O7/c1-19(2)22(14-21-8-9-27(37-6)28(15-21)38-11-7-10-36-5)16-25(32)26(34)17-23(20(3)4)31(35)33-18-24-29-30(24)40-13-12-39-29/h8-9,15,19-20,22-26,29-30,34H,7,10-14,16-18,32H2,1-6H3,(H,33,35)/t22?,23?,24?,25?,26-,29-,30?/m0/s1. The van der Waals surface area contributed by atoms with Gasteiger partial charge in [-0.3, -0.25) is 4.79 Å². The van der Waals surface area contributed by atoms with Crippen molar-refractivity contribution in [3.63, 3.8) is 0 Å². The first-order valence-corrected chi connectivity index (χ1v) is 14.9. The molecule has 0 bridgehead atoms. The molecule has 1 aromatic rings. The summed E-state index contributed by atoms with van der Waals surface area (Å²) in [6, 6.07) is 5.60. The van der Waals surface area contributed by atoms with E-state index in [0.717, 1.165) is 24.2 Å². The molecule has 1 saturated carbocycles. The van der Waals surface area contributed by atoms with Crippen LogP contribution in [0.3, 0.4) is 0 Å². The number of aliphatic hydroxyl groups excluding tert-OH is 1. The van der Waals surface area contributed by atoms with Crippen LogP contribution in [0.1, 0.15) is 52.5 Å². The number of ether oxygens (including phenoxy) is 5. The molecule has 1 aliphatic carbocycles. The predicted molar refractivity (Wildman–Crippen MR) is 155 cm³/mol. The maximum Gasteiger partial charge on any atom is 0.223 e. The average molecular weight is 565 g/mol. The van der Waals surface area contributed by atoms with Crippen LogP contribution in [-0.4, -0.2) is 82.6 Å². The molecule has 1 heterocycles. The number of hydrogen-bond acceptors (Lipinski definition) is 8. The third-order valence-electron chi connectivity index (χ3n) is 8.37. The summed E-state index contributed by atoms with van der Waals surface area (Å²) < 4.78 is 27.9. The smallest absolute Gasteiger partial charge is 0.223 e. The zero-order chi connectivity index (χ0) is 29.2. The lowest BCUT2D eigenvalue weighted by molar-refractivity contribution is -0.127. The van der Waals surface area contributed by atoms with E-state index >= 15 is 0 Å². The van der Waals surface area contributed by atoms with Gasteiger partial charge in [-0.05, 0) is 54.7 Å². The van der Waals surface area contributed by atoms with Crippen molar-refractivity contribution in [2.45, 2.75) is 77.7 Å². The highest BCUT2D eigenvalue weighted by Crippen LogP contribution is 2.39. The van der Waals surface area contributed by atoms with Gasteiger partial charge >= 0.3 is 0 Å². The van der Waals surface area contributed by atoms with Crippen molar-refractivity contribution in [3.8, 4) is 11.5 Å². The normalized spacial score (nSPS) is 23.3. The van der Waals surface area contributed by atoms with Crippen LogP contribution >= 0.6 is 0 Å². The molecule has 9 heteroatoms. The van der Waals surface area contributed by atoms with Crippen molar-refractivity contribution in [3.05, 3.63) is 23.8 Å². The molecule has 4 N–H and O–H groups in total. The van der Waals surface area contributed by atoms with E-state index < -0.39 is 12.1 Å². The summed E-state index contributed by atoms with van der Waals surface area (Å²) in [6.07, 6.45) is 2.02. The highest BCUT2D eigenvalue weighted by Gasteiger charge is 2.54. The molecule has 1 saturated heterocycles. The van der Waals surface area contributed by atoms with Crippen molar-refractivity contribution in [1.82, 2.24) is 5.32 Å². The summed E-state index contributed by atoms with van der Waals surface area (Å²) in [7, 11) is 3.32. The van der Waals surface area contributed by atoms with E-state index in [-0.39, 0.29) is 41.8 Å². The van der Waals surface area contributed by atoms with E-state index in [1.54, 1.807) is 14.2 Å². The Hall–Kier alpha value is -1.91. The minimum Gasteiger partial charge on any atom is -0.493 e. The van der Waals surface area contributed by atoms with Crippen LogP contribution in [-0.2, 0) is 25.4 Å². The molecule has 1 amide bonds. The molecular weight excluding hydrogens is 512 g/mol. The van der Waals surface area contributed by atoms with Gasteiger partial charge in [-0.25, -0.2) is 0 Å². The average Bonchev–Trinajstić information content (AvgIpc) is 3.65. The molecule has 0 aromatic heterocycles. The largest absolute Gasteiger partial charge is 0.493 e. The van der Waals surface area contributed by atoms with E-state index in [0.29, 0.717) is 57.5 Å². The quantitative estimate of drug-likeness (QED) is 0.233. The van der Waals surface area contributed by atoms with Crippen LogP contribution in [0.2, 0.25) is 0 Å². The van der Waals surface area contributed by atoms with Gasteiger partial charge in [0.2, 0.25) is 5.91 Å². The maximum atomic E-state index is 13.1. The molecule has 1 aromatic carbocycles. The SMILES string of the molecule is COCCCOc1cc(CC(CC(N)[C@@H](O)CC(C(=O)NCC2C3OCCO[C@@H]23)C(C)C)C(C)C)ccc1OC. The Morgan fingerprint density at radius 2 is 1.75 bits per heavy atom. The predicted octanol–water partition coefficient (Wildman–Crippen LogP) is 3.20. The van der Waals surface area contributed by atoms with Gasteiger partial charge in [0.25, 0.3) is 0 Å². The Labute approximate surface area is 240 Å². The summed E-state index contributed by atoms with van der Waals surface area (Å²) in [4.78, 5) is 13.1. The summed E-state index contributed by atoms with van der Waals surface area (Å²) >= 11 is 0.